The number of anilines is 1. The van der Waals surface area contributed by atoms with Crippen LogP contribution in [0.5, 0.6) is 5.75 Å². The highest BCUT2D eigenvalue weighted by Gasteiger charge is 2.13. The molecule has 132 valence electrons. The van der Waals surface area contributed by atoms with Gasteiger partial charge in [-0.05, 0) is 24.3 Å². The molecule has 1 aromatic carbocycles. The number of carbonyl (C=O) groups excluding carboxylic acids is 1. The van der Waals surface area contributed by atoms with E-state index >= 15 is 0 Å². The minimum absolute atomic E-state index is 0.337. The summed E-state index contributed by atoms with van der Waals surface area (Å²) in [5.41, 5.74) is 1.70. The van der Waals surface area contributed by atoms with Crippen LogP contribution in [-0.4, -0.2) is 32.8 Å². The van der Waals surface area contributed by atoms with Crippen LogP contribution in [0.2, 0.25) is 5.02 Å². The van der Waals surface area contributed by atoms with E-state index in [0.29, 0.717) is 39.4 Å². The Labute approximate surface area is 155 Å². The standard InChI is InChI=1S/C18H16ClN5O2/c1-4-17-20-14(10-24(17)5-2)13-9-16(23-22-13)21-18(25)11-6-7-15(26-3)12(19)8-11/h4-10H,1-2H2,3H3,(H2,21,22,23,25). The molecule has 0 aliphatic heterocycles. The number of imidazole rings is 1. The zero-order valence-electron chi connectivity index (χ0n) is 14.0. The summed E-state index contributed by atoms with van der Waals surface area (Å²) in [6.07, 6.45) is 5.03. The first-order valence-corrected chi connectivity index (χ1v) is 7.98. The zero-order chi connectivity index (χ0) is 18.7. The van der Waals surface area contributed by atoms with Gasteiger partial charge in [-0.1, -0.05) is 24.8 Å². The number of aromatic nitrogens is 4. The van der Waals surface area contributed by atoms with Crippen molar-refractivity contribution in [3.8, 4) is 17.1 Å². The molecule has 0 spiro atoms. The van der Waals surface area contributed by atoms with E-state index in [1.807, 2.05) is 0 Å². The van der Waals surface area contributed by atoms with E-state index in [-0.39, 0.29) is 5.91 Å². The number of rotatable bonds is 6. The molecular weight excluding hydrogens is 354 g/mol. The second-order valence-electron chi connectivity index (χ2n) is 5.25. The van der Waals surface area contributed by atoms with Gasteiger partial charge >= 0.3 is 0 Å². The Morgan fingerprint density at radius 3 is 2.81 bits per heavy atom. The van der Waals surface area contributed by atoms with Gasteiger partial charge in [0.2, 0.25) is 0 Å². The van der Waals surface area contributed by atoms with Crippen molar-refractivity contribution in [1.29, 1.82) is 0 Å². The maximum Gasteiger partial charge on any atom is 0.256 e. The van der Waals surface area contributed by atoms with Crippen LogP contribution < -0.4 is 10.1 Å². The minimum atomic E-state index is -0.337. The Kier molecular flexibility index (Phi) is 4.90. The second-order valence-corrected chi connectivity index (χ2v) is 5.66. The Morgan fingerprint density at radius 2 is 2.19 bits per heavy atom. The minimum Gasteiger partial charge on any atom is -0.495 e. The van der Waals surface area contributed by atoms with Crippen LogP contribution in [0.3, 0.4) is 0 Å². The van der Waals surface area contributed by atoms with Gasteiger partial charge in [-0.25, -0.2) is 4.98 Å². The third-order valence-corrected chi connectivity index (χ3v) is 3.94. The summed E-state index contributed by atoms with van der Waals surface area (Å²) in [6, 6.07) is 6.47. The van der Waals surface area contributed by atoms with Gasteiger partial charge in [0, 0.05) is 24.0 Å². The molecule has 0 saturated heterocycles. The number of nitrogens with one attached hydrogen (secondary N) is 2. The van der Waals surface area contributed by atoms with E-state index in [9.17, 15) is 4.79 Å². The van der Waals surface area contributed by atoms with Gasteiger partial charge < -0.3 is 14.6 Å². The quantitative estimate of drug-likeness (QED) is 0.689. The molecule has 0 aliphatic carbocycles. The summed E-state index contributed by atoms with van der Waals surface area (Å²) in [4.78, 5) is 16.8. The van der Waals surface area contributed by atoms with Crippen molar-refractivity contribution in [1.82, 2.24) is 19.7 Å². The van der Waals surface area contributed by atoms with Crippen molar-refractivity contribution < 1.29 is 9.53 Å². The number of benzene rings is 1. The lowest BCUT2D eigenvalue weighted by atomic mass is 10.2. The SMILES string of the molecule is C=Cc1nc(-c2cc(NC(=O)c3ccc(OC)c(Cl)c3)n[nH]2)cn1C=C. The fourth-order valence-electron chi connectivity index (χ4n) is 2.35. The van der Waals surface area contributed by atoms with Crippen LogP contribution in [0.1, 0.15) is 16.2 Å². The Morgan fingerprint density at radius 1 is 1.38 bits per heavy atom. The molecule has 0 atom stereocenters. The Balaban J connectivity index is 1.79. The van der Waals surface area contributed by atoms with Crippen molar-refractivity contribution in [3.63, 3.8) is 0 Å². The molecule has 0 bridgehead atoms. The highest BCUT2D eigenvalue weighted by Crippen LogP contribution is 2.25. The molecule has 7 nitrogen and oxygen atoms in total. The third-order valence-electron chi connectivity index (χ3n) is 3.65. The lowest BCUT2D eigenvalue weighted by Gasteiger charge is -2.05. The van der Waals surface area contributed by atoms with Gasteiger partial charge in [0.05, 0.1) is 17.8 Å². The van der Waals surface area contributed by atoms with Gasteiger partial charge in [-0.2, -0.15) is 5.10 Å². The van der Waals surface area contributed by atoms with Crippen LogP contribution >= 0.6 is 11.6 Å². The molecule has 0 fully saturated rings. The van der Waals surface area contributed by atoms with Gasteiger partial charge in [-0.15, -0.1) is 0 Å². The molecule has 2 heterocycles. The fraction of sp³-hybridized carbons (Fsp3) is 0.0556. The number of carbonyl (C=O) groups is 1. The van der Waals surface area contributed by atoms with E-state index < -0.39 is 0 Å². The van der Waals surface area contributed by atoms with E-state index in [4.69, 9.17) is 16.3 Å². The van der Waals surface area contributed by atoms with Gasteiger partial charge in [0.25, 0.3) is 5.91 Å². The van der Waals surface area contributed by atoms with Crippen molar-refractivity contribution in [3.05, 3.63) is 60.0 Å². The van der Waals surface area contributed by atoms with Crippen LogP contribution in [0.4, 0.5) is 5.82 Å². The van der Waals surface area contributed by atoms with Crippen LogP contribution in [-0.2, 0) is 0 Å². The number of nitrogens with zero attached hydrogens (tertiary/aromatic N) is 3. The molecule has 0 saturated carbocycles. The van der Waals surface area contributed by atoms with Gasteiger partial charge in [0.15, 0.2) is 5.82 Å². The van der Waals surface area contributed by atoms with Crippen LogP contribution in [0.25, 0.3) is 23.7 Å². The molecule has 1 amide bonds. The molecule has 3 aromatic rings. The Hall–Kier alpha value is -3.32. The van der Waals surface area contributed by atoms with Gasteiger partial charge in [0.1, 0.15) is 17.3 Å². The second kappa shape index (κ2) is 7.28. The molecule has 2 aromatic heterocycles. The number of methoxy groups -OCH3 is 1. The smallest absolute Gasteiger partial charge is 0.256 e. The monoisotopic (exact) mass is 369 g/mol. The topological polar surface area (TPSA) is 84.8 Å². The third kappa shape index (κ3) is 3.38. The number of hydrogen-bond donors (Lipinski definition) is 2. The summed E-state index contributed by atoms with van der Waals surface area (Å²) in [6.45, 7) is 7.43. The first-order valence-electron chi connectivity index (χ1n) is 7.60. The normalized spacial score (nSPS) is 10.4. The summed E-state index contributed by atoms with van der Waals surface area (Å²) in [7, 11) is 1.51. The zero-order valence-corrected chi connectivity index (χ0v) is 14.7. The molecule has 0 radical (unpaired) electrons. The van der Waals surface area contributed by atoms with Crippen molar-refractivity contribution in [2.45, 2.75) is 0 Å². The predicted octanol–water partition coefficient (Wildman–Crippen LogP) is 3.93. The summed E-state index contributed by atoms with van der Waals surface area (Å²) < 4.78 is 6.81. The number of aromatic amines is 1. The molecule has 3 rings (SSSR count). The largest absolute Gasteiger partial charge is 0.495 e. The average molecular weight is 370 g/mol. The maximum absolute atomic E-state index is 12.4. The number of H-pyrrole nitrogens is 1. The first-order chi connectivity index (χ1) is 12.5. The number of halogens is 1. The van der Waals surface area contributed by atoms with E-state index in [1.54, 1.807) is 41.2 Å². The maximum atomic E-state index is 12.4. The Bertz CT molecular complexity index is 964. The first kappa shape index (κ1) is 17.5. The number of ether oxygens (including phenoxy) is 1. The highest BCUT2D eigenvalue weighted by atomic mass is 35.5. The fourth-order valence-corrected chi connectivity index (χ4v) is 2.61. The summed E-state index contributed by atoms with van der Waals surface area (Å²) >= 11 is 6.05. The number of hydrogen-bond acceptors (Lipinski definition) is 4. The van der Waals surface area contributed by atoms with E-state index in [0.717, 1.165) is 0 Å². The molecule has 8 heteroatoms. The molecule has 0 unspecified atom stereocenters. The molecular formula is C18H16ClN5O2. The summed E-state index contributed by atoms with van der Waals surface area (Å²) in [5.74, 6) is 1.19. The van der Waals surface area contributed by atoms with Crippen molar-refractivity contribution >= 4 is 35.6 Å². The number of amides is 1. The van der Waals surface area contributed by atoms with Crippen LogP contribution in [0.15, 0.2) is 43.6 Å². The molecule has 0 aliphatic rings. The van der Waals surface area contributed by atoms with Crippen molar-refractivity contribution in [2.75, 3.05) is 12.4 Å². The summed E-state index contributed by atoms with van der Waals surface area (Å²) in [5, 5.41) is 9.99. The molecule has 26 heavy (non-hydrogen) atoms. The van der Waals surface area contributed by atoms with E-state index in [1.165, 1.54) is 13.2 Å². The highest BCUT2D eigenvalue weighted by molar-refractivity contribution is 6.32. The van der Waals surface area contributed by atoms with Crippen LogP contribution in [0, 0.1) is 0 Å². The molecule has 2 N–H and O–H groups in total. The lowest BCUT2D eigenvalue weighted by Crippen LogP contribution is -2.12. The van der Waals surface area contributed by atoms with E-state index in [2.05, 4.69) is 33.7 Å². The van der Waals surface area contributed by atoms with Crippen molar-refractivity contribution in [2.24, 2.45) is 0 Å². The predicted molar refractivity (Wildman–Crippen MR) is 102 cm³/mol. The lowest BCUT2D eigenvalue weighted by molar-refractivity contribution is 0.102. The van der Waals surface area contributed by atoms with Gasteiger partial charge in [-0.3, -0.25) is 9.89 Å². The average Bonchev–Trinajstić information content (AvgIpc) is 3.27.